The number of para-hydroxylation sites is 2. The van der Waals surface area contributed by atoms with Gasteiger partial charge in [-0.1, -0.05) is 66.7 Å². The van der Waals surface area contributed by atoms with Crippen LogP contribution < -0.4 is 25.7 Å². The van der Waals surface area contributed by atoms with Crippen LogP contribution in [0.4, 0.5) is 11.4 Å². The molecular weight excluding hydrogens is 346 g/mol. The van der Waals surface area contributed by atoms with Crippen LogP contribution >= 0.6 is 7.92 Å². The van der Waals surface area contributed by atoms with Gasteiger partial charge < -0.3 is 9.62 Å². The van der Waals surface area contributed by atoms with Crippen molar-refractivity contribution >= 4 is 42.4 Å². The molecule has 1 aliphatic rings. The summed E-state index contributed by atoms with van der Waals surface area (Å²) in [5.74, 6) is 0. The van der Waals surface area contributed by atoms with E-state index < -0.39 is 0 Å². The van der Waals surface area contributed by atoms with Gasteiger partial charge in [-0.2, -0.15) is 0 Å². The molecule has 2 nitrogen and oxygen atoms in total. The topological polar surface area (TPSA) is 7.68 Å². The molecular formula is C23H27BN2P+. The average molecular weight is 373 g/mol. The number of rotatable bonds is 5. The third-order valence-corrected chi connectivity index (χ3v) is 7.81. The van der Waals surface area contributed by atoms with Crippen molar-refractivity contribution in [2.45, 2.75) is 13.8 Å². The summed E-state index contributed by atoms with van der Waals surface area (Å²) < 4.78 is 0. The first-order valence-corrected chi connectivity index (χ1v) is 11.6. The second-order valence-corrected chi connectivity index (χ2v) is 9.22. The highest BCUT2D eigenvalue weighted by Crippen LogP contribution is 2.29. The fraction of sp³-hybridized carbons (Fsp3) is 0.217. The first-order valence-electron chi connectivity index (χ1n) is 9.85. The first kappa shape index (κ1) is 18.3. The van der Waals surface area contributed by atoms with Crippen molar-refractivity contribution in [3.8, 4) is 0 Å². The van der Waals surface area contributed by atoms with Gasteiger partial charge in [0.25, 0.3) is 0 Å². The fourth-order valence-electron chi connectivity index (χ4n) is 4.27. The number of anilines is 1. The molecule has 0 radical (unpaired) electrons. The lowest BCUT2D eigenvalue weighted by molar-refractivity contribution is -0.707. The first-order chi connectivity index (χ1) is 13.2. The zero-order valence-corrected chi connectivity index (χ0v) is 17.3. The Labute approximate surface area is 164 Å². The van der Waals surface area contributed by atoms with Crippen molar-refractivity contribution in [2.75, 3.05) is 24.6 Å². The number of nitrogens with one attached hydrogen (secondary N) is 1. The molecule has 2 atom stereocenters. The molecule has 0 spiro atoms. The van der Waals surface area contributed by atoms with E-state index in [9.17, 15) is 0 Å². The number of fused-ring (bicyclic) bond motifs is 1. The van der Waals surface area contributed by atoms with E-state index in [1.54, 1.807) is 4.81 Å². The fourth-order valence-corrected chi connectivity index (χ4v) is 5.78. The van der Waals surface area contributed by atoms with Crippen LogP contribution in [0.5, 0.6) is 0 Å². The molecule has 3 aromatic rings. The molecule has 0 aliphatic carbocycles. The highest BCUT2D eigenvalue weighted by Gasteiger charge is 2.47. The summed E-state index contributed by atoms with van der Waals surface area (Å²) in [5, 5.41) is 2.88. The van der Waals surface area contributed by atoms with Gasteiger partial charge in [0.05, 0.1) is 12.2 Å². The highest BCUT2D eigenvalue weighted by molar-refractivity contribution is 7.72. The van der Waals surface area contributed by atoms with E-state index in [4.69, 9.17) is 0 Å². The zero-order valence-electron chi connectivity index (χ0n) is 16.4. The molecule has 4 heteroatoms. The van der Waals surface area contributed by atoms with Gasteiger partial charge in [-0.15, -0.1) is 0 Å². The van der Waals surface area contributed by atoms with E-state index in [-0.39, 0.29) is 7.92 Å². The lowest BCUT2D eigenvalue weighted by Gasteiger charge is -2.22. The van der Waals surface area contributed by atoms with Crippen LogP contribution in [0.25, 0.3) is 0 Å². The van der Waals surface area contributed by atoms with Gasteiger partial charge >= 0.3 is 6.98 Å². The molecule has 1 N–H and O–H groups in total. The smallest absolute Gasteiger partial charge is 0.350 e. The van der Waals surface area contributed by atoms with Gasteiger partial charge in [0.15, 0.2) is 0 Å². The largest absolute Gasteiger partial charge is 0.571 e. The number of nitrogens with zero attached hydrogens (tertiary/aromatic N) is 1. The molecule has 3 aromatic carbocycles. The Balaban J connectivity index is 1.65. The maximum Gasteiger partial charge on any atom is 0.571 e. The van der Waals surface area contributed by atoms with Gasteiger partial charge in [0, 0.05) is 12.0 Å². The lowest BCUT2D eigenvalue weighted by atomic mass is 9.65. The summed E-state index contributed by atoms with van der Waals surface area (Å²) in [6.45, 7) is 9.38. The summed E-state index contributed by atoms with van der Waals surface area (Å²) >= 11 is 0. The van der Waals surface area contributed by atoms with Crippen LogP contribution in [-0.2, 0) is 0 Å². The Bertz CT molecular complexity index is 867. The number of benzene rings is 3. The minimum Gasteiger partial charge on any atom is -0.350 e. The van der Waals surface area contributed by atoms with Crippen molar-refractivity contribution in [1.82, 2.24) is 0 Å². The van der Waals surface area contributed by atoms with E-state index in [0.29, 0.717) is 6.98 Å². The molecule has 4 rings (SSSR count). The molecule has 1 aliphatic heterocycles. The molecule has 0 saturated carbocycles. The van der Waals surface area contributed by atoms with Gasteiger partial charge in [-0.05, 0) is 51.2 Å². The Morgan fingerprint density at radius 1 is 0.815 bits per heavy atom. The molecule has 2 unspecified atom stereocenters. The van der Waals surface area contributed by atoms with E-state index in [2.05, 4.69) is 104 Å². The number of hydrogen-bond donors (Lipinski definition) is 1. The van der Waals surface area contributed by atoms with Crippen molar-refractivity contribution in [3.05, 3.63) is 78.9 Å². The minimum atomic E-state index is -0.292. The molecule has 0 amide bonds. The van der Waals surface area contributed by atoms with E-state index in [1.165, 1.54) is 27.4 Å². The minimum absolute atomic E-state index is 0.292. The monoisotopic (exact) mass is 373 g/mol. The third-order valence-electron chi connectivity index (χ3n) is 5.66. The van der Waals surface area contributed by atoms with Crippen molar-refractivity contribution in [2.24, 2.45) is 0 Å². The van der Waals surface area contributed by atoms with Gasteiger partial charge in [-0.25, -0.2) is 0 Å². The molecule has 136 valence electrons. The molecule has 1 heterocycles. The molecule has 0 saturated heterocycles. The van der Waals surface area contributed by atoms with Gasteiger partial charge in [0.1, 0.15) is 5.69 Å². The summed E-state index contributed by atoms with van der Waals surface area (Å²) in [4.78, 5) is 4.09. The summed E-state index contributed by atoms with van der Waals surface area (Å²) in [7, 11) is -0.292. The van der Waals surface area contributed by atoms with E-state index in [0.717, 1.165) is 13.1 Å². The predicted octanol–water partition coefficient (Wildman–Crippen LogP) is 2.52. The maximum absolute atomic E-state index is 2.55. The Kier molecular flexibility index (Phi) is 5.34. The standard InChI is InChI=1S/C23H26BN2P/c1-4-25-22-13-9-10-14-23(22)26(5-2)24(25)19-15-17-21(18-16-19)27(3)20-11-7-6-8-12-20/h6-18H,4-5H2,1-3H3/p+1. The van der Waals surface area contributed by atoms with Crippen LogP contribution in [0.1, 0.15) is 13.8 Å². The number of hydrogen-bond acceptors (Lipinski definition) is 1. The number of quaternary nitrogens is 1. The van der Waals surface area contributed by atoms with Crippen LogP contribution in [-0.4, -0.2) is 26.7 Å². The van der Waals surface area contributed by atoms with Crippen LogP contribution in [0, 0.1) is 0 Å². The molecule has 0 fully saturated rings. The average Bonchev–Trinajstić information content (AvgIpc) is 3.07. The quantitative estimate of drug-likeness (QED) is 0.534. The molecule has 0 bridgehead atoms. The van der Waals surface area contributed by atoms with Crippen LogP contribution in [0.3, 0.4) is 0 Å². The summed E-state index contributed by atoms with van der Waals surface area (Å²) in [6.07, 6.45) is 0. The Morgan fingerprint density at radius 2 is 1.44 bits per heavy atom. The van der Waals surface area contributed by atoms with Crippen LogP contribution in [0.2, 0.25) is 0 Å². The normalized spacial score (nSPS) is 17.1. The van der Waals surface area contributed by atoms with Crippen molar-refractivity contribution in [1.29, 1.82) is 0 Å². The summed E-state index contributed by atoms with van der Waals surface area (Å²) in [6, 6.07) is 29.1. The van der Waals surface area contributed by atoms with Crippen molar-refractivity contribution in [3.63, 3.8) is 0 Å². The second-order valence-electron chi connectivity index (χ2n) is 7.07. The molecule has 0 aromatic heterocycles. The Hall–Kier alpha value is -2.09. The van der Waals surface area contributed by atoms with Gasteiger partial charge in [0.2, 0.25) is 0 Å². The van der Waals surface area contributed by atoms with E-state index in [1.807, 2.05) is 0 Å². The SMILES string of the molecule is CCN1B(c2ccc(P(C)c3ccccc3)cc2)[NH+](CC)c2ccccc21. The maximum atomic E-state index is 2.55. The second kappa shape index (κ2) is 7.88. The van der Waals surface area contributed by atoms with Crippen LogP contribution in [0.15, 0.2) is 78.9 Å². The summed E-state index contributed by atoms with van der Waals surface area (Å²) in [5.41, 5.74) is 4.22. The highest BCUT2D eigenvalue weighted by atomic mass is 31.1. The zero-order chi connectivity index (χ0) is 18.8. The third kappa shape index (κ3) is 3.31. The molecule has 27 heavy (non-hydrogen) atoms. The lowest BCUT2D eigenvalue weighted by Crippen LogP contribution is -3.15. The van der Waals surface area contributed by atoms with E-state index >= 15 is 0 Å². The van der Waals surface area contributed by atoms with Gasteiger partial charge in [-0.3, -0.25) is 0 Å². The Morgan fingerprint density at radius 3 is 2.11 bits per heavy atom. The predicted molar refractivity (Wildman–Crippen MR) is 121 cm³/mol. The van der Waals surface area contributed by atoms with Crippen molar-refractivity contribution < 1.29 is 4.81 Å².